The molecule has 0 radical (unpaired) electrons. The minimum Gasteiger partial charge on any atom is -0.339 e. The van der Waals surface area contributed by atoms with Gasteiger partial charge in [0.2, 0.25) is 5.91 Å². The molecular formula is C12H25ClN2O3S. The maximum atomic E-state index is 12.2. The first kappa shape index (κ1) is 18.7. The van der Waals surface area contributed by atoms with E-state index in [0.717, 1.165) is 19.3 Å². The highest BCUT2D eigenvalue weighted by molar-refractivity contribution is 7.90. The van der Waals surface area contributed by atoms with E-state index < -0.39 is 9.84 Å². The summed E-state index contributed by atoms with van der Waals surface area (Å²) in [6.07, 6.45) is 4.37. The van der Waals surface area contributed by atoms with Crippen molar-refractivity contribution in [1.29, 1.82) is 0 Å². The Labute approximate surface area is 122 Å². The van der Waals surface area contributed by atoms with Crippen molar-refractivity contribution < 1.29 is 13.2 Å². The summed E-state index contributed by atoms with van der Waals surface area (Å²) in [4.78, 5) is 13.8. The lowest BCUT2D eigenvalue weighted by Crippen LogP contribution is -2.52. The van der Waals surface area contributed by atoms with Crippen molar-refractivity contribution in [2.24, 2.45) is 5.73 Å². The second kappa shape index (κ2) is 6.90. The van der Waals surface area contributed by atoms with Gasteiger partial charge in [0.15, 0.2) is 0 Å². The van der Waals surface area contributed by atoms with Crippen LogP contribution in [-0.2, 0) is 14.6 Å². The van der Waals surface area contributed by atoms with Gasteiger partial charge in [-0.3, -0.25) is 4.79 Å². The minimum absolute atomic E-state index is 0. The third kappa shape index (κ3) is 5.67. The highest BCUT2D eigenvalue weighted by atomic mass is 35.5. The van der Waals surface area contributed by atoms with E-state index in [1.54, 1.807) is 11.8 Å². The van der Waals surface area contributed by atoms with E-state index in [1.807, 2.05) is 6.92 Å². The molecule has 1 fully saturated rings. The van der Waals surface area contributed by atoms with Gasteiger partial charge in [-0.2, -0.15) is 0 Å². The third-order valence-electron chi connectivity index (χ3n) is 3.59. The van der Waals surface area contributed by atoms with Gasteiger partial charge in [0.05, 0.1) is 5.75 Å². The summed E-state index contributed by atoms with van der Waals surface area (Å²) in [5, 5.41) is 0. The van der Waals surface area contributed by atoms with Gasteiger partial charge in [-0.1, -0.05) is 0 Å². The van der Waals surface area contributed by atoms with E-state index in [0.29, 0.717) is 13.0 Å². The largest absolute Gasteiger partial charge is 0.339 e. The molecule has 1 unspecified atom stereocenters. The molecule has 0 saturated heterocycles. The van der Waals surface area contributed by atoms with Gasteiger partial charge >= 0.3 is 0 Å². The SMILES string of the molecule is CCN(C(=O)CC1(N)CCC1)C(C)CS(C)(=O)=O.Cl. The summed E-state index contributed by atoms with van der Waals surface area (Å²) in [7, 11) is -3.07. The topological polar surface area (TPSA) is 80.5 Å². The zero-order chi connectivity index (χ0) is 14.0. The van der Waals surface area contributed by atoms with E-state index in [9.17, 15) is 13.2 Å². The van der Waals surface area contributed by atoms with E-state index in [4.69, 9.17) is 5.73 Å². The number of nitrogens with two attached hydrogens (primary N) is 1. The Kier molecular flexibility index (Phi) is 6.78. The van der Waals surface area contributed by atoms with E-state index in [-0.39, 0.29) is 35.6 Å². The Morgan fingerprint density at radius 2 is 1.95 bits per heavy atom. The molecule has 0 aromatic heterocycles. The Bertz CT molecular complexity index is 407. The zero-order valence-corrected chi connectivity index (χ0v) is 13.5. The normalized spacial score (nSPS) is 18.9. The number of rotatable bonds is 6. The number of carbonyl (C=O) groups is 1. The average Bonchev–Trinajstić information content (AvgIpc) is 2.13. The maximum Gasteiger partial charge on any atom is 0.224 e. The molecule has 19 heavy (non-hydrogen) atoms. The van der Waals surface area contributed by atoms with Crippen LogP contribution in [-0.4, -0.2) is 49.4 Å². The van der Waals surface area contributed by atoms with Crippen molar-refractivity contribution in [1.82, 2.24) is 4.90 Å². The molecule has 2 N–H and O–H groups in total. The van der Waals surface area contributed by atoms with Gasteiger partial charge in [-0.05, 0) is 33.1 Å². The summed E-state index contributed by atoms with van der Waals surface area (Å²) >= 11 is 0. The van der Waals surface area contributed by atoms with Gasteiger partial charge in [0.1, 0.15) is 9.84 Å². The number of sulfone groups is 1. The second-order valence-corrected chi connectivity index (χ2v) is 7.70. The van der Waals surface area contributed by atoms with Crippen LogP contribution in [0.1, 0.15) is 39.5 Å². The second-order valence-electron chi connectivity index (χ2n) is 5.51. The first-order valence-electron chi connectivity index (χ1n) is 6.43. The van der Waals surface area contributed by atoms with Crippen molar-refractivity contribution in [3.8, 4) is 0 Å². The van der Waals surface area contributed by atoms with E-state index in [1.165, 1.54) is 6.26 Å². The molecule has 1 aliphatic rings. The molecule has 0 aromatic rings. The van der Waals surface area contributed by atoms with Crippen molar-refractivity contribution in [2.45, 2.75) is 51.1 Å². The van der Waals surface area contributed by atoms with Crippen LogP contribution in [0.15, 0.2) is 0 Å². The Hall–Kier alpha value is -0.330. The minimum atomic E-state index is -3.07. The van der Waals surface area contributed by atoms with Crippen molar-refractivity contribution in [3.05, 3.63) is 0 Å². The standard InChI is InChI=1S/C12H24N2O3S.ClH/c1-4-14(10(2)9-18(3,16)17)11(15)8-12(13)6-5-7-12;/h10H,4-9,13H2,1-3H3;1H. The van der Waals surface area contributed by atoms with Crippen LogP contribution in [0, 0.1) is 0 Å². The summed E-state index contributed by atoms with van der Waals surface area (Å²) in [5.41, 5.74) is 5.71. The third-order valence-corrected chi connectivity index (χ3v) is 4.68. The quantitative estimate of drug-likeness (QED) is 0.792. The number of amides is 1. The molecule has 0 heterocycles. The van der Waals surface area contributed by atoms with Crippen LogP contribution in [0.4, 0.5) is 0 Å². The van der Waals surface area contributed by atoms with Gasteiger partial charge in [0.25, 0.3) is 0 Å². The predicted molar refractivity (Wildman–Crippen MR) is 79.2 cm³/mol. The molecule has 0 aliphatic heterocycles. The van der Waals surface area contributed by atoms with E-state index >= 15 is 0 Å². The highest BCUT2D eigenvalue weighted by Gasteiger charge is 2.36. The molecular weight excluding hydrogens is 288 g/mol. The van der Waals surface area contributed by atoms with Crippen LogP contribution in [0.2, 0.25) is 0 Å². The number of hydrogen-bond donors (Lipinski definition) is 1. The fourth-order valence-electron chi connectivity index (χ4n) is 2.47. The smallest absolute Gasteiger partial charge is 0.224 e. The lowest BCUT2D eigenvalue weighted by molar-refractivity contribution is -0.134. The molecule has 1 aliphatic carbocycles. The number of hydrogen-bond acceptors (Lipinski definition) is 4. The Morgan fingerprint density at radius 1 is 1.42 bits per heavy atom. The van der Waals surface area contributed by atoms with Crippen LogP contribution in [0.3, 0.4) is 0 Å². The van der Waals surface area contributed by atoms with E-state index in [2.05, 4.69) is 0 Å². The lowest BCUT2D eigenvalue weighted by Gasteiger charge is -2.39. The predicted octanol–water partition coefficient (Wildman–Crippen LogP) is 0.961. The van der Waals surface area contributed by atoms with Gasteiger partial charge in [0, 0.05) is 30.8 Å². The average molecular weight is 313 g/mol. The summed E-state index contributed by atoms with van der Waals surface area (Å²) in [6.45, 7) is 4.15. The Balaban J connectivity index is 0.00000324. The molecule has 0 spiro atoms. The van der Waals surface area contributed by atoms with Gasteiger partial charge < -0.3 is 10.6 Å². The van der Waals surface area contributed by atoms with Crippen molar-refractivity contribution in [2.75, 3.05) is 18.6 Å². The van der Waals surface area contributed by atoms with Crippen LogP contribution in [0.25, 0.3) is 0 Å². The van der Waals surface area contributed by atoms with Crippen molar-refractivity contribution >= 4 is 28.2 Å². The van der Waals surface area contributed by atoms with Crippen molar-refractivity contribution in [3.63, 3.8) is 0 Å². The molecule has 0 bridgehead atoms. The molecule has 0 aromatic carbocycles. The lowest BCUT2D eigenvalue weighted by atomic mass is 9.75. The number of halogens is 1. The fraction of sp³-hybridized carbons (Fsp3) is 0.917. The molecule has 1 amide bonds. The molecule has 1 saturated carbocycles. The number of nitrogens with zero attached hydrogens (tertiary/aromatic N) is 1. The van der Waals surface area contributed by atoms with Gasteiger partial charge in [-0.15, -0.1) is 12.4 Å². The Morgan fingerprint density at radius 3 is 2.26 bits per heavy atom. The first-order valence-corrected chi connectivity index (χ1v) is 8.49. The summed E-state index contributed by atoms with van der Waals surface area (Å²) in [6, 6.07) is -0.291. The fourth-order valence-corrected chi connectivity index (χ4v) is 3.53. The first-order chi connectivity index (χ1) is 8.17. The molecule has 114 valence electrons. The van der Waals surface area contributed by atoms with Gasteiger partial charge in [-0.25, -0.2) is 8.42 Å². The monoisotopic (exact) mass is 312 g/mol. The molecule has 7 heteroatoms. The number of carbonyl (C=O) groups excluding carboxylic acids is 1. The van der Waals surface area contributed by atoms with Crippen LogP contribution < -0.4 is 5.73 Å². The molecule has 5 nitrogen and oxygen atoms in total. The highest BCUT2D eigenvalue weighted by Crippen LogP contribution is 2.32. The summed E-state index contributed by atoms with van der Waals surface area (Å²) < 4.78 is 22.5. The zero-order valence-electron chi connectivity index (χ0n) is 11.9. The maximum absolute atomic E-state index is 12.2. The molecule has 1 rings (SSSR count). The summed E-state index contributed by atoms with van der Waals surface area (Å²) in [5.74, 6) is -0.0275. The molecule has 1 atom stereocenters. The van der Waals surface area contributed by atoms with Crippen LogP contribution in [0.5, 0.6) is 0 Å². The van der Waals surface area contributed by atoms with Crippen LogP contribution >= 0.6 is 12.4 Å².